The van der Waals surface area contributed by atoms with E-state index < -0.39 is 6.03 Å². The highest BCUT2D eigenvalue weighted by Gasteiger charge is 2.27. The number of hydrogen-bond acceptors (Lipinski definition) is 4. The maximum Gasteiger partial charge on any atom is 0.360 e. The number of aromatic nitrogens is 1. The lowest BCUT2D eigenvalue weighted by molar-refractivity contribution is 0.158. The molecule has 23 heavy (non-hydrogen) atoms. The van der Waals surface area contributed by atoms with Gasteiger partial charge in [-0.15, -0.1) is 5.06 Å². The molecule has 0 aliphatic heterocycles. The van der Waals surface area contributed by atoms with Gasteiger partial charge in [0.25, 0.3) is 0 Å². The lowest BCUT2D eigenvalue weighted by Gasteiger charge is -2.27. The minimum atomic E-state index is -0.415. The number of carbonyl (C=O) groups is 1. The number of urea groups is 1. The summed E-state index contributed by atoms with van der Waals surface area (Å²) in [5.74, 6) is 0.203. The van der Waals surface area contributed by atoms with Gasteiger partial charge in [-0.2, -0.15) is 0 Å². The van der Waals surface area contributed by atoms with E-state index in [1.807, 2.05) is 60.7 Å². The molecule has 0 radical (unpaired) electrons. The number of hydroxylamine groups is 1. The zero-order valence-corrected chi connectivity index (χ0v) is 12.5. The average Bonchev–Trinajstić information content (AvgIpc) is 3.12. The van der Waals surface area contributed by atoms with Gasteiger partial charge in [0.15, 0.2) is 6.39 Å². The SMILES string of the molecule is CON(C(=O)N(c1ccccc1)c1ccccc1)c1cnco1. The van der Waals surface area contributed by atoms with Crippen molar-refractivity contribution in [2.75, 3.05) is 17.1 Å². The van der Waals surface area contributed by atoms with Crippen LogP contribution in [-0.4, -0.2) is 18.1 Å². The summed E-state index contributed by atoms with van der Waals surface area (Å²) in [5, 5.41) is 1.05. The average molecular weight is 309 g/mol. The predicted octanol–water partition coefficient (Wildman–Crippen LogP) is 4.00. The van der Waals surface area contributed by atoms with Crippen LogP contribution in [0.1, 0.15) is 0 Å². The van der Waals surface area contributed by atoms with E-state index in [2.05, 4.69) is 4.98 Å². The van der Waals surface area contributed by atoms with Crippen LogP contribution in [0.2, 0.25) is 0 Å². The molecule has 0 spiro atoms. The highest BCUT2D eigenvalue weighted by atomic mass is 16.7. The smallest absolute Gasteiger partial charge is 0.360 e. The fourth-order valence-electron chi connectivity index (χ4n) is 2.19. The molecule has 2 aromatic carbocycles. The minimum Gasteiger partial charge on any atom is -0.425 e. The third-order valence-corrected chi connectivity index (χ3v) is 3.20. The van der Waals surface area contributed by atoms with E-state index in [9.17, 15) is 4.79 Å². The Morgan fingerprint density at radius 1 is 1.00 bits per heavy atom. The van der Waals surface area contributed by atoms with E-state index in [4.69, 9.17) is 9.25 Å². The first-order chi connectivity index (χ1) is 11.3. The summed E-state index contributed by atoms with van der Waals surface area (Å²) in [6, 6.07) is 18.2. The number of para-hydroxylation sites is 2. The molecule has 0 unspecified atom stereocenters. The van der Waals surface area contributed by atoms with E-state index in [1.165, 1.54) is 24.6 Å². The molecule has 3 rings (SSSR count). The highest BCUT2D eigenvalue weighted by Crippen LogP contribution is 2.28. The zero-order chi connectivity index (χ0) is 16.1. The number of carbonyl (C=O) groups excluding carboxylic acids is 1. The van der Waals surface area contributed by atoms with Crippen LogP contribution in [-0.2, 0) is 4.84 Å². The number of nitrogens with zero attached hydrogens (tertiary/aromatic N) is 3. The minimum absolute atomic E-state index is 0.203. The van der Waals surface area contributed by atoms with Gasteiger partial charge >= 0.3 is 6.03 Å². The lowest BCUT2D eigenvalue weighted by Crippen LogP contribution is -2.40. The third kappa shape index (κ3) is 3.07. The first-order valence-electron chi connectivity index (χ1n) is 6.98. The Balaban J connectivity index is 2.03. The van der Waals surface area contributed by atoms with Gasteiger partial charge in [-0.1, -0.05) is 36.4 Å². The van der Waals surface area contributed by atoms with Crippen LogP contribution >= 0.6 is 0 Å². The normalized spacial score (nSPS) is 10.3. The van der Waals surface area contributed by atoms with Gasteiger partial charge in [-0.25, -0.2) is 9.78 Å². The summed E-state index contributed by atoms with van der Waals surface area (Å²) in [4.78, 5) is 23.6. The maximum absolute atomic E-state index is 13.0. The van der Waals surface area contributed by atoms with Gasteiger partial charge in [-0.3, -0.25) is 9.74 Å². The monoisotopic (exact) mass is 309 g/mol. The number of rotatable bonds is 4. The van der Waals surface area contributed by atoms with Gasteiger partial charge in [0.2, 0.25) is 5.88 Å². The van der Waals surface area contributed by atoms with E-state index >= 15 is 0 Å². The molecule has 1 heterocycles. The second kappa shape index (κ2) is 6.76. The molecule has 1 aromatic heterocycles. The Hall–Kier alpha value is -3.12. The molecule has 6 heteroatoms. The number of hydrogen-bond donors (Lipinski definition) is 0. The van der Waals surface area contributed by atoms with Gasteiger partial charge in [0.1, 0.15) is 0 Å². The van der Waals surface area contributed by atoms with E-state index in [0.717, 1.165) is 5.06 Å². The Morgan fingerprint density at radius 2 is 1.57 bits per heavy atom. The molecule has 0 aliphatic rings. The van der Waals surface area contributed by atoms with Crippen LogP contribution in [0, 0.1) is 0 Å². The summed E-state index contributed by atoms with van der Waals surface area (Å²) in [5.41, 5.74) is 1.43. The van der Waals surface area contributed by atoms with Crippen molar-refractivity contribution in [2.24, 2.45) is 0 Å². The van der Waals surface area contributed by atoms with Crippen molar-refractivity contribution in [3.8, 4) is 0 Å². The second-order valence-corrected chi connectivity index (χ2v) is 4.61. The van der Waals surface area contributed by atoms with Gasteiger partial charge < -0.3 is 4.42 Å². The highest BCUT2D eigenvalue weighted by molar-refractivity contribution is 6.06. The van der Waals surface area contributed by atoms with Gasteiger partial charge in [0.05, 0.1) is 24.7 Å². The quantitative estimate of drug-likeness (QED) is 0.683. The Bertz CT molecular complexity index is 706. The molecule has 3 aromatic rings. The van der Waals surface area contributed by atoms with E-state index in [-0.39, 0.29) is 5.88 Å². The summed E-state index contributed by atoms with van der Waals surface area (Å²) in [6.07, 6.45) is 2.65. The van der Waals surface area contributed by atoms with Crippen molar-refractivity contribution >= 4 is 23.3 Å². The summed E-state index contributed by atoms with van der Waals surface area (Å²) < 4.78 is 5.17. The number of amides is 2. The predicted molar refractivity (Wildman–Crippen MR) is 86.4 cm³/mol. The molecule has 0 saturated heterocycles. The number of benzene rings is 2. The van der Waals surface area contributed by atoms with Crippen LogP contribution < -0.4 is 9.96 Å². The van der Waals surface area contributed by atoms with Crippen LogP contribution in [0.25, 0.3) is 0 Å². The molecule has 6 nitrogen and oxygen atoms in total. The zero-order valence-electron chi connectivity index (χ0n) is 12.5. The van der Waals surface area contributed by atoms with Crippen molar-refractivity contribution in [3.05, 3.63) is 73.3 Å². The number of oxazole rings is 1. The Labute approximate surface area is 133 Å². The van der Waals surface area contributed by atoms with Crippen molar-refractivity contribution in [1.82, 2.24) is 4.98 Å². The molecule has 0 atom stereocenters. The second-order valence-electron chi connectivity index (χ2n) is 4.61. The lowest BCUT2D eigenvalue weighted by atomic mass is 10.2. The largest absolute Gasteiger partial charge is 0.425 e. The Kier molecular flexibility index (Phi) is 4.35. The number of anilines is 3. The van der Waals surface area contributed by atoms with E-state index in [1.54, 1.807) is 0 Å². The van der Waals surface area contributed by atoms with Crippen molar-refractivity contribution in [3.63, 3.8) is 0 Å². The molecule has 0 fully saturated rings. The summed E-state index contributed by atoms with van der Waals surface area (Å²) in [6.45, 7) is 0. The molecule has 0 bridgehead atoms. The first kappa shape index (κ1) is 14.8. The van der Waals surface area contributed by atoms with Gasteiger partial charge in [-0.05, 0) is 24.3 Å². The topological polar surface area (TPSA) is 58.8 Å². The third-order valence-electron chi connectivity index (χ3n) is 3.20. The molecular weight excluding hydrogens is 294 g/mol. The fourth-order valence-corrected chi connectivity index (χ4v) is 2.19. The first-order valence-corrected chi connectivity index (χ1v) is 6.98. The molecular formula is C17H15N3O3. The summed E-state index contributed by atoms with van der Waals surface area (Å²) >= 11 is 0. The van der Waals surface area contributed by atoms with Crippen LogP contribution in [0.3, 0.4) is 0 Å². The van der Waals surface area contributed by atoms with Crippen molar-refractivity contribution < 1.29 is 14.0 Å². The molecule has 0 N–H and O–H groups in total. The van der Waals surface area contributed by atoms with Gasteiger partial charge in [0, 0.05) is 0 Å². The van der Waals surface area contributed by atoms with Crippen molar-refractivity contribution in [1.29, 1.82) is 0 Å². The maximum atomic E-state index is 13.0. The molecule has 0 saturated carbocycles. The molecule has 116 valence electrons. The standard InChI is InChI=1S/C17H15N3O3/c1-22-20(16-12-18-13-23-16)17(21)19(14-8-4-2-5-9-14)15-10-6-3-7-11-15/h2-13H,1H3. The summed E-state index contributed by atoms with van der Waals surface area (Å²) in [7, 11) is 1.40. The Morgan fingerprint density at radius 3 is 2.00 bits per heavy atom. The fraction of sp³-hybridized carbons (Fsp3) is 0.0588. The van der Waals surface area contributed by atoms with Crippen molar-refractivity contribution in [2.45, 2.75) is 0 Å². The van der Waals surface area contributed by atoms with Crippen LogP contribution in [0.5, 0.6) is 0 Å². The molecule has 2 amide bonds. The van der Waals surface area contributed by atoms with E-state index in [0.29, 0.717) is 11.4 Å². The molecule has 0 aliphatic carbocycles. The van der Waals surface area contributed by atoms with Crippen LogP contribution in [0.15, 0.2) is 77.7 Å². The van der Waals surface area contributed by atoms with Crippen LogP contribution in [0.4, 0.5) is 22.1 Å².